The molecule has 1 N–H and O–H groups in total. The van der Waals surface area contributed by atoms with Gasteiger partial charge >= 0.3 is 0 Å². The number of hydrogen-bond donors (Lipinski definition) is 1. The molecule has 1 aliphatic rings. The topological polar surface area (TPSA) is 33.6 Å². The predicted molar refractivity (Wildman–Crippen MR) is 71.1 cm³/mol. The molecule has 3 nitrogen and oxygen atoms in total. The van der Waals surface area contributed by atoms with Crippen LogP contribution < -0.4 is 10.1 Å². The summed E-state index contributed by atoms with van der Waals surface area (Å²) in [4.78, 5) is 4.34. The normalized spacial score (nSPS) is 14.8. The summed E-state index contributed by atoms with van der Waals surface area (Å²) in [7, 11) is 1.63. The van der Waals surface area contributed by atoms with Crippen LogP contribution in [-0.2, 0) is 0 Å². The second kappa shape index (κ2) is 4.97. The van der Waals surface area contributed by atoms with Crippen molar-refractivity contribution in [2.45, 2.75) is 6.92 Å². The molecule has 1 aliphatic heterocycles. The highest BCUT2D eigenvalue weighted by atomic mass is 35.5. The minimum atomic E-state index is 0.711. The number of benzene rings is 1. The number of amidine groups is 1. The first kappa shape index (κ1) is 11.6. The Kier molecular flexibility index (Phi) is 3.61. The molecule has 0 aromatic heterocycles. The highest BCUT2D eigenvalue weighted by Gasteiger charge is 2.11. The molecule has 0 saturated carbocycles. The highest BCUT2D eigenvalue weighted by molar-refractivity contribution is 8.14. The van der Waals surface area contributed by atoms with Crippen molar-refractivity contribution in [3.8, 4) is 5.75 Å². The van der Waals surface area contributed by atoms with Crippen molar-refractivity contribution in [1.29, 1.82) is 0 Å². The minimum absolute atomic E-state index is 0.711. The molecule has 0 unspecified atom stereocenters. The number of nitrogens with zero attached hydrogens (tertiary/aromatic N) is 1. The van der Waals surface area contributed by atoms with Gasteiger partial charge in [0, 0.05) is 16.8 Å². The zero-order valence-electron chi connectivity index (χ0n) is 9.21. The monoisotopic (exact) mass is 256 g/mol. The van der Waals surface area contributed by atoms with Crippen LogP contribution in [0.1, 0.15) is 5.56 Å². The van der Waals surface area contributed by atoms with E-state index in [9.17, 15) is 0 Å². The molecule has 86 valence electrons. The van der Waals surface area contributed by atoms with Gasteiger partial charge in [-0.05, 0) is 18.6 Å². The summed E-state index contributed by atoms with van der Waals surface area (Å²) in [6, 6.07) is 3.79. The Morgan fingerprint density at radius 1 is 1.50 bits per heavy atom. The van der Waals surface area contributed by atoms with E-state index in [2.05, 4.69) is 10.3 Å². The molecule has 5 heteroatoms. The first-order chi connectivity index (χ1) is 7.70. The Balaban J connectivity index is 2.27. The third-order valence-electron chi connectivity index (χ3n) is 2.31. The second-order valence-corrected chi connectivity index (χ2v) is 4.95. The average Bonchev–Trinajstić information content (AvgIpc) is 2.76. The summed E-state index contributed by atoms with van der Waals surface area (Å²) in [6.07, 6.45) is 0. The third kappa shape index (κ3) is 2.44. The summed E-state index contributed by atoms with van der Waals surface area (Å²) in [5, 5.41) is 4.91. The molecule has 0 bridgehead atoms. The number of rotatable bonds is 2. The van der Waals surface area contributed by atoms with Crippen molar-refractivity contribution in [1.82, 2.24) is 0 Å². The van der Waals surface area contributed by atoms with Crippen molar-refractivity contribution >= 4 is 34.2 Å². The average molecular weight is 257 g/mol. The van der Waals surface area contributed by atoms with Crippen LogP contribution in [-0.4, -0.2) is 24.6 Å². The molecule has 1 aromatic carbocycles. The van der Waals surface area contributed by atoms with E-state index in [-0.39, 0.29) is 0 Å². The quantitative estimate of drug-likeness (QED) is 0.883. The Hall–Kier alpha value is -0.870. The number of halogens is 1. The number of hydrogen-bond acceptors (Lipinski definition) is 4. The van der Waals surface area contributed by atoms with Gasteiger partial charge < -0.3 is 10.1 Å². The molecule has 0 atom stereocenters. The lowest BCUT2D eigenvalue weighted by Crippen LogP contribution is -2.06. The maximum absolute atomic E-state index is 6.04. The van der Waals surface area contributed by atoms with Gasteiger partial charge in [-0.1, -0.05) is 23.4 Å². The SMILES string of the molecule is COc1cc(Cl)c(C)cc1NC1=NCCS1. The van der Waals surface area contributed by atoms with E-state index in [0.29, 0.717) is 5.02 Å². The molecular formula is C11H13ClN2OS. The van der Waals surface area contributed by atoms with Crippen molar-refractivity contribution in [3.63, 3.8) is 0 Å². The van der Waals surface area contributed by atoms with Gasteiger partial charge in [0.2, 0.25) is 0 Å². The predicted octanol–water partition coefficient (Wildman–Crippen LogP) is 3.17. The lowest BCUT2D eigenvalue weighted by Gasteiger charge is -2.12. The van der Waals surface area contributed by atoms with Crippen LogP contribution in [0.4, 0.5) is 5.69 Å². The van der Waals surface area contributed by atoms with Crippen LogP contribution in [0.3, 0.4) is 0 Å². The molecule has 1 heterocycles. The number of anilines is 1. The van der Waals surface area contributed by atoms with Crippen LogP contribution in [0.5, 0.6) is 5.75 Å². The van der Waals surface area contributed by atoms with Gasteiger partial charge in [-0.3, -0.25) is 4.99 Å². The summed E-state index contributed by atoms with van der Waals surface area (Å²) >= 11 is 7.75. The first-order valence-electron chi connectivity index (χ1n) is 4.99. The number of thioether (sulfide) groups is 1. The van der Waals surface area contributed by atoms with Crippen molar-refractivity contribution in [2.75, 3.05) is 24.7 Å². The third-order valence-corrected chi connectivity index (χ3v) is 3.61. The summed E-state index contributed by atoms with van der Waals surface area (Å²) < 4.78 is 5.28. The fraction of sp³-hybridized carbons (Fsp3) is 0.364. The van der Waals surface area contributed by atoms with E-state index in [4.69, 9.17) is 16.3 Å². The molecular weight excluding hydrogens is 244 g/mol. The molecule has 16 heavy (non-hydrogen) atoms. The van der Waals surface area contributed by atoms with Gasteiger partial charge in [-0.25, -0.2) is 0 Å². The van der Waals surface area contributed by atoms with E-state index >= 15 is 0 Å². The van der Waals surface area contributed by atoms with E-state index < -0.39 is 0 Å². The summed E-state index contributed by atoms with van der Waals surface area (Å²) in [5.41, 5.74) is 1.94. The van der Waals surface area contributed by atoms with Crippen molar-refractivity contribution in [2.24, 2.45) is 4.99 Å². The van der Waals surface area contributed by atoms with Crippen molar-refractivity contribution < 1.29 is 4.74 Å². The lowest BCUT2D eigenvalue weighted by atomic mass is 10.2. The smallest absolute Gasteiger partial charge is 0.161 e. The van der Waals surface area contributed by atoms with Crippen LogP contribution in [0.2, 0.25) is 5.02 Å². The highest BCUT2D eigenvalue weighted by Crippen LogP contribution is 2.32. The molecule has 0 saturated heterocycles. The number of ether oxygens (including phenoxy) is 1. The van der Waals surface area contributed by atoms with Crippen LogP contribution >= 0.6 is 23.4 Å². The fourth-order valence-corrected chi connectivity index (χ4v) is 2.35. The van der Waals surface area contributed by atoms with Gasteiger partial charge in [0.15, 0.2) is 5.17 Å². The molecule has 0 spiro atoms. The maximum atomic E-state index is 6.04. The summed E-state index contributed by atoms with van der Waals surface area (Å²) in [6.45, 7) is 2.85. The van der Waals surface area contributed by atoms with Crippen LogP contribution in [0.25, 0.3) is 0 Å². The number of methoxy groups -OCH3 is 1. The van der Waals surface area contributed by atoms with Gasteiger partial charge in [0.1, 0.15) is 5.75 Å². The van der Waals surface area contributed by atoms with E-state index in [1.807, 2.05) is 19.1 Å². The van der Waals surface area contributed by atoms with Gasteiger partial charge in [0.05, 0.1) is 19.3 Å². The Morgan fingerprint density at radius 2 is 2.31 bits per heavy atom. The lowest BCUT2D eigenvalue weighted by molar-refractivity contribution is 0.417. The van der Waals surface area contributed by atoms with Crippen LogP contribution in [0.15, 0.2) is 17.1 Å². The van der Waals surface area contributed by atoms with E-state index in [1.54, 1.807) is 18.9 Å². The molecule has 0 aliphatic carbocycles. The zero-order chi connectivity index (χ0) is 11.5. The molecule has 0 amide bonds. The summed E-state index contributed by atoms with van der Waals surface area (Å²) in [5.74, 6) is 1.78. The van der Waals surface area contributed by atoms with Gasteiger partial charge in [-0.2, -0.15) is 0 Å². The van der Waals surface area contributed by atoms with Gasteiger partial charge in [-0.15, -0.1) is 0 Å². The Morgan fingerprint density at radius 3 is 2.94 bits per heavy atom. The minimum Gasteiger partial charge on any atom is -0.495 e. The first-order valence-corrected chi connectivity index (χ1v) is 6.35. The standard InChI is InChI=1S/C11H13ClN2OS/c1-7-5-9(10(15-2)6-8(7)12)14-11-13-3-4-16-11/h5-6H,3-4H2,1-2H3,(H,13,14). The molecule has 1 aromatic rings. The molecule has 0 radical (unpaired) electrons. The van der Waals surface area contributed by atoms with Crippen molar-refractivity contribution in [3.05, 3.63) is 22.7 Å². The van der Waals surface area contributed by atoms with E-state index in [1.165, 1.54) is 0 Å². The largest absolute Gasteiger partial charge is 0.495 e. The number of aryl methyl sites for hydroxylation is 1. The van der Waals surface area contributed by atoms with Gasteiger partial charge in [0.25, 0.3) is 0 Å². The number of aliphatic imine (C=N–C) groups is 1. The zero-order valence-corrected chi connectivity index (χ0v) is 10.8. The fourth-order valence-electron chi connectivity index (χ4n) is 1.46. The number of nitrogens with one attached hydrogen (secondary N) is 1. The van der Waals surface area contributed by atoms with Crippen LogP contribution in [0, 0.1) is 6.92 Å². The van der Waals surface area contributed by atoms with E-state index in [0.717, 1.165) is 34.5 Å². The Labute approximate surface area is 104 Å². The Bertz CT molecular complexity index is 434. The second-order valence-electron chi connectivity index (χ2n) is 3.46. The maximum Gasteiger partial charge on any atom is 0.161 e. The molecule has 2 rings (SSSR count). The molecule has 0 fully saturated rings.